The topological polar surface area (TPSA) is 75.3 Å². The SMILES string of the molecule is Cc1ccc(S(=O)(=O)Nc2ccc(SCC(=O)Nc3cc(C)ccc3C)cc2)cc1. The highest BCUT2D eigenvalue weighted by molar-refractivity contribution is 8.00. The van der Waals surface area contributed by atoms with E-state index in [1.165, 1.54) is 11.8 Å². The first kappa shape index (κ1) is 21.9. The zero-order valence-electron chi connectivity index (χ0n) is 17.1. The maximum Gasteiger partial charge on any atom is 0.261 e. The zero-order chi connectivity index (χ0) is 21.7. The van der Waals surface area contributed by atoms with Crippen LogP contribution in [0.25, 0.3) is 0 Å². The predicted molar refractivity (Wildman–Crippen MR) is 124 cm³/mol. The molecule has 1 amide bonds. The van der Waals surface area contributed by atoms with Gasteiger partial charge in [0.05, 0.1) is 10.6 Å². The van der Waals surface area contributed by atoms with Crippen molar-refractivity contribution in [2.75, 3.05) is 15.8 Å². The van der Waals surface area contributed by atoms with Gasteiger partial charge in [0.15, 0.2) is 0 Å². The fourth-order valence-electron chi connectivity index (χ4n) is 2.76. The number of carbonyl (C=O) groups is 1. The predicted octanol–water partition coefficient (Wildman–Crippen LogP) is 5.14. The fourth-order valence-corrected chi connectivity index (χ4v) is 4.51. The summed E-state index contributed by atoms with van der Waals surface area (Å²) >= 11 is 1.39. The highest BCUT2D eigenvalue weighted by atomic mass is 32.2. The number of carbonyl (C=O) groups excluding carboxylic acids is 1. The van der Waals surface area contributed by atoms with Gasteiger partial charge in [0.1, 0.15) is 0 Å². The quantitative estimate of drug-likeness (QED) is 0.499. The summed E-state index contributed by atoms with van der Waals surface area (Å²) in [6, 6.07) is 19.6. The van der Waals surface area contributed by atoms with Crippen LogP contribution >= 0.6 is 11.8 Å². The Balaban J connectivity index is 1.57. The molecule has 0 atom stereocenters. The number of rotatable bonds is 7. The number of hydrogen-bond acceptors (Lipinski definition) is 4. The molecule has 0 saturated heterocycles. The summed E-state index contributed by atoms with van der Waals surface area (Å²) in [6.45, 7) is 5.85. The van der Waals surface area contributed by atoms with E-state index in [9.17, 15) is 13.2 Å². The van der Waals surface area contributed by atoms with Crippen molar-refractivity contribution in [3.63, 3.8) is 0 Å². The fraction of sp³-hybridized carbons (Fsp3) is 0.174. The Hall–Kier alpha value is -2.77. The van der Waals surface area contributed by atoms with E-state index < -0.39 is 10.0 Å². The van der Waals surface area contributed by atoms with Gasteiger partial charge < -0.3 is 5.32 Å². The molecule has 0 fully saturated rings. The number of hydrogen-bond donors (Lipinski definition) is 2. The van der Waals surface area contributed by atoms with Gasteiger partial charge in [0, 0.05) is 16.3 Å². The minimum Gasteiger partial charge on any atom is -0.325 e. The monoisotopic (exact) mass is 440 g/mol. The zero-order valence-corrected chi connectivity index (χ0v) is 18.7. The van der Waals surface area contributed by atoms with Crippen molar-refractivity contribution in [1.82, 2.24) is 0 Å². The van der Waals surface area contributed by atoms with Crippen molar-refractivity contribution in [2.24, 2.45) is 0 Å². The number of sulfonamides is 1. The van der Waals surface area contributed by atoms with Crippen LogP contribution in [0.1, 0.15) is 16.7 Å². The Morgan fingerprint density at radius 2 is 1.50 bits per heavy atom. The summed E-state index contributed by atoms with van der Waals surface area (Å²) in [5.74, 6) is 0.180. The molecular weight excluding hydrogens is 416 g/mol. The minimum atomic E-state index is -3.63. The summed E-state index contributed by atoms with van der Waals surface area (Å²) in [5, 5.41) is 2.93. The molecule has 30 heavy (non-hydrogen) atoms. The molecular formula is C23H24N2O3S2. The van der Waals surface area contributed by atoms with E-state index in [-0.39, 0.29) is 16.6 Å². The number of aryl methyl sites for hydroxylation is 3. The Morgan fingerprint density at radius 3 is 2.17 bits per heavy atom. The third-order valence-electron chi connectivity index (χ3n) is 4.47. The molecule has 0 spiro atoms. The molecule has 0 aliphatic rings. The first-order valence-corrected chi connectivity index (χ1v) is 11.9. The molecule has 0 bridgehead atoms. The molecule has 3 aromatic rings. The highest BCUT2D eigenvalue weighted by Gasteiger charge is 2.14. The molecule has 2 N–H and O–H groups in total. The van der Waals surface area contributed by atoms with Gasteiger partial charge in [-0.2, -0.15) is 0 Å². The molecule has 0 unspecified atom stereocenters. The Bertz CT molecular complexity index is 1140. The molecule has 5 nitrogen and oxygen atoms in total. The second-order valence-electron chi connectivity index (χ2n) is 7.10. The summed E-state index contributed by atoms with van der Waals surface area (Å²) < 4.78 is 27.5. The number of benzene rings is 3. The molecule has 3 aromatic carbocycles. The van der Waals surface area contributed by atoms with Gasteiger partial charge in [-0.1, -0.05) is 29.8 Å². The van der Waals surface area contributed by atoms with Crippen LogP contribution in [0.5, 0.6) is 0 Å². The maximum absolute atomic E-state index is 12.5. The first-order valence-electron chi connectivity index (χ1n) is 9.42. The van der Waals surface area contributed by atoms with Gasteiger partial charge in [-0.05, 0) is 74.4 Å². The third-order valence-corrected chi connectivity index (χ3v) is 6.88. The first-order chi connectivity index (χ1) is 14.2. The lowest BCUT2D eigenvalue weighted by molar-refractivity contribution is -0.113. The van der Waals surface area contributed by atoms with Crippen molar-refractivity contribution >= 4 is 39.1 Å². The molecule has 0 radical (unpaired) electrons. The Labute approximate surface area is 182 Å². The molecule has 0 aromatic heterocycles. The van der Waals surface area contributed by atoms with Crippen molar-refractivity contribution in [3.05, 3.63) is 83.4 Å². The van der Waals surface area contributed by atoms with E-state index in [2.05, 4.69) is 10.0 Å². The molecule has 7 heteroatoms. The van der Waals surface area contributed by atoms with Crippen molar-refractivity contribution in [3.8, 4) is 0 Å². The minimum absolute atomic E-state index is 0.0853. The second kappa shape index (κ2) is 9.36. The summed E-state index contributed by atoms with van der Waals surface area (Å²) in [6.07, 6.45) is 0. The molecule has 0 heterocycles. The Morgan fingerprint density at radius 1 is 0.867 bits per heavy atom. The smallest absolute Gasteiger partial charge is 0.261 e. The summed E-state index contributed by atoms with van der Waals surface area (Å²) in [7, 11) is -3.63. The van der Waals surface area contributed by atoms with Crippen molar-refractivity contribution in [2.45, 2.75) is 30.6 Å². The lowest BCUT2D eigenvalue weighted by atomic mass is 10.1. The summed E-state index contributed by atoms with van der Waals surface area (Å²) in [5.41, 5.74) is 4.40. The van der Waals surface area contributed by atoms with Crippen LogP contribution in [0.2, 0.25) is 0 Å². The van der Waals surface area contributed by atoms with Crippen LogP contribution in [0, 0.1) is 20.8 Å². The van der Waals surface area contributed by atoms with Gasteiger partial charge in [0.25, 0.3) is 10.0 Å². The van der Waals surface area contributed by atoms with Crippen LogP contribution in [-0.4, -0.2) is 20.1 Å². The lowest BCUT2D eigenvalue weighted by Crippen LogP contribution is -2.15. The average molecular weight is 441 g/mol. The van der Waals surface area contributed by atoms with Crippen LogP contribution < -0.4 is 10.0 Å². The van der Waals surface area contributed by atoms with Gasteiger partial charge in [-0.3, -0.25) is 9.52 Å². The van der Waals surface area contributed by atoms with E-state index in [0.717, 1.165) is 27.3 Å². The number of thioether (sulfide) groups is 1. The van der Waals surface area contributed by atoms with Crippen molar-refractivity contribution in [1.29, 1.82) is 0 Å². The van der Waals surface area contributed by atoms with E-state index in [4.69, 9.17) is 0 Å². The second-order valence-corrected chi connectivity index (χ2v) is 9.83. The molecule has 0 aliphatic carbocycles. The van der Waals surface area contributed by atoms with E-state index in [1.54, 1.807) is 48.5 Å². The van der Waals surface area contributed by atoms with Gasteiger partial charge in [-0.15, -0.1) is 11.8 Å². The largest absolute Gasteiger partial charge is 0.325 e. The normalized spacial score (nSPS) is 11.2. The van der Waals surface area contributed by atoms with E-state index >= 15 is 0 Å². The maximum atomic E-state index is 12.5. The molecule has 0 saturated carbocycles. The standard InChI is InChI=1S/C23H24N2O3S2/c1-16-5-12-21(13-6-16)30(27,28)25-19-8-10-20(11-9-19)29-15-23(26)24-22-14-17(2)4-7-18(22)3/h4-14,25H,15H2,1-3H3,(H,24,26). The van der Waals surface area contributed by atoms with E-state index in [1.807, 2.05) is 39.0 Å². The highest BCUT2D eigenvalue weighted by Crippen LogP contribution is 2.23. The molecule has 0 aliphatic heterocycles. The molecule has 156 valence electrons. The third kappa shape index (κ3) is 5.87. The summed E-state index contributed by atoms with van der Waals surface area (Å²) in [4.78, 5) is 13.4. The van der Waals surface area contributed by atoms with Gasteiger partial charge >= 0.3 is 0 Å². The van der Waals surface area contributed by atoms with Gasteiger partial charge in [-0.25, -0.2) is 8.42 Å². The number of anilines is 2. The average Bonchev–Trinajstić information content (AvgIpc) is 2.70. The lowest BCUT2D eigenvalue weighted by Gasteiger charge is -2.10. The van der Waals surface area contributed by atoms with Crippen molar-refractivity contribution < 1.29 is 13.2 Å². The van der Waals surface area contributed by atoms with Crippen LogP contribution in [0.4, 0.5) is 11.4 Å². The van der Waals surface area contributed by atoms with Crippen LogP contribution in [-0.2, 0) is 14.8 Å². The van der Waals surface area contributed by atoms with Gasteiger partial charge in [0.2, 0.25) is 5.91 Å². The van der Waals surface area contributed by atoms with Crippen LogP contribution in [0.15, 0.2) is 76.5 Å². The van der Waals surface area contributed by atoms with E-state index in [0.29, 0.717) is 5.69 Å². The number of amides is 1. The molecule has 3 rings (SSSR count). The Kier molecular flexibility index (Phi) is 6.84. The number of nitrogens with one attached hydrogen (secondary N) is 2. The van der Waals surface area contributed by atoms with Crippen LogP contribution in [0.3, 0.4) is 0 Å².